The molecule has 2 rings (SSSR count). The molecule has 1 heterocycles. The normalized spacial score (nSPS) is 39.2. The van der Waals surface area contributed by atoms with E-state index in [4.69, 9.17) is 4.74 Å². The van der Waals surface area contributed by atoms with Crippen LogP contribution >= 0.6 is 0 Å². The van der Waals surface area contributed by atoms with Crippen LogP contribution in [0.1, 0.15) is 25.7 Å². The summed E-state index contributed by atoms with van der Waals surface area (Å²) in [7, 11) is -2.31. The molecule has 0 spiro atoms. The van der Waals surface area contributed by atoms with Gasteiger partial charge in [0.15, 0.2) is 0 Å². The molecule has 1 saturated heterocycles. The molecule has 0 aromatic rings. The minimum atomic E-state index is -1.15. The standard InChI is InChI=1S/C14H30OSi2/c1-16(2,3)13-11-9-7-8-10-12(11)14(15-13)17(4,5)6/h11-14H,7-10H2,1-6H3. The van der Waals surface area contributed by atoms with Crippen LogP contribution in [0.4, 0.5) is 0 Å². The minimum Gasteiger partial charge on any atom is -0.381 e. The molecule has 4 atom stereocenters. The van der Waals surface area contributed by atoms with E-state index < -0.39 is 16.1 Å². The van der Waals surface area contributed by atoms with Crippen molar-refractivity contribution in [2.75, 3.05) is 0 Å². The van der Waals surface area contributed by atoms with Crippen LogP contribution in [0, 0.1) is 11.8 Å². The molecule has 0 bridgehead atoms. The third-order valence-corrected chi connectivity index (χ3v) is 9.20. The second kappa shape index (κ2) is 4.50. The van der Waals surface area contributed by atoms with E-state index in [0.29, 0.717) is 11.5 Å². The van der Waals surface area contributed by atoms with Gasteiger partial charge < -0.3 is 4.74 Å². The maximum atomic E-state index is 6.66. The lowest BCUT2D eigenvalue weighted by molar-refractivity contribution is 0.109. The first kappa shape index (κ1) is 13.8. The van der Waals surface area contributed by atoms with Gasteiger partial charge in [0.05, 0.1) is 27.6 Å². The number of hydrogen-bond acceptors (Lipinski definition) is 1. The number of hydrogen-bond donors (Lipinski definition) is 0. The van der Waals surface area contributed by atoms with Crippen LogP contribution in [0.5, 0.6) is 0 Å². The summed E-state index contributed by atoms with van der Waals surface area (Å²) < 4.78 is 6.66. The first-order chi connectivity index (χ1) is 7.71. The Morgan fingerprint density at radius 1 is 0.706 bits per heavy atom. The van der Waals surface area contributed by atoms with Gasteiger partial charge in [0.1, 0.15) is 0 Å². The van der Waals surface area contributed by atoms with Gasteiger partial charge in [0, 0.05) is 0 Å². The highest BCUT2D eigenvalue weighted by molar-refractivity contribution is 6.79. The summed E-state index contributed by atoms with van der Waals surface area (Å²) >= 11 is 0. The highest BCUT2D eigenvalue weighted by Crippen LogP contribution is 2.47. The van der Waals surface area contributed by atoms with Gasteiger partial charge in [-0.2, -0.15) is 0 Å². The second-order valence-corrected chi connectivity index (χ2v) is 18.9. The molecule has 1 nitrogen and oxygen atoms in total. The van der Waals surface area contributed by atoms with Crippen LogP contribution in [0.25, 0.3) is 0 Å². The van der Waals surface area contributed by atoms with Crippen molar-refractivity contribution in [3.63, 3.8) is 0 Å². The molecule has 0 amide bonds. The topological polar surface area (TPSA) is 9.23 Å². The van der Waals surface area contributed by atoms with Crippen LogP contribution in [0.3, 0.4) is 0 Å². The Bertz CT molecular complexity index is 249. The first-order valence-electron chi connectivity index (χ1n) is 7.37. The molecule has 2 aliphatic rings. The summed E-state index contributed by atoms with van der Waals surface area (Å²) in [5.74, 6) is 1.82. The van der Waals surface area contributed by atoms with Crippen LogP contribution in [0.15, 0.2) is 0 Å². The Labute approximate surface area is 109 Å². The summed E-state index contributed by atoms with van der Waals surface area (Å²) in [5, 5.41) is 0. The monoisotopic (exact) mass is 270 g/mol. The molecule has 0 aromatic heterocycles. The summed E-state index contributed by atoms with van der Waals surface area (Å²) in [4.78, 5) is 0. The van der Waals surface area contributed by atoms with Gasteiger partial charge >= 0.3 is 0 Å². The Morgan fingerprint density at radius 2 is 1.06 bits per heavy atom. The molecule has 0 N–H and O–H groups in total. The van der Waals surface area contributed by atoms with E-state index >= 15 is 0 Å². The Morgan fingerprint density at radius 3 is 1.35 bits per heavy atom. The molecule has 1 saturated carbocycles. The van der Waals surface area contributed by atoms with Crippen molar-refractivity contribution in [3.8, 4) is 0 Å². The first-order valence-corrected chi connectivity index (χ1v) is 14.5. The molecule has 0 radical (unpaired) electrons. The Balaban J connectivity index is 2.23. The van der Waals surface area contributed by atoms with Crippen molar-refractivity contribution in [2.24, 2.45) is 11.8 Å². The quantitative estimate of drug-likeness (QED) is 0.679. The molecule has 1 aliphatic heterocycles. The van der Waals surface area contributed by atoms with Crippen LogP contribution < -0.4 is 0 Å². The summed E-state index contributed by atoms with van der Waals surface area (Å²) in [6.07, 6.45) is 5.79. The average Bonchev–Trinajstić information content (AvgIpc) is 2.55. The van der Waals surface area contributed by atoms with Crippen molar-refractivity contribution in [3.05, 3.63) is 0 Å². The highest BCUT2D eigenvalue weighted by Gasteiger charge is 2.53. The molecular weight excluding hydrogens is 240 g/mol. The summed E-state index contributed by atoms with van der Waals surface area (Å²) in [6, 6.07) is 0. The van der Waals surface area contributed by atoms with Crippen LogP contribution in [0.2, 0.25) is 39.3 Å². The largest absolute Gasteiger partial charge is 0.381 e. The predicted octanol–water partition coefficient (Wildman–Crippen LogP) is 4.32. The maximum absolute atomic E-state index is 6.66. The van der Waals surface area contributed by atoms with Crippen LogP contribution in [-0.2, 0) is 4.74 Å². The lowest BCUT2D eigenvalue weighted by Gasteiger charge is -2.34. The van der Waals surface area contributed by atoms with E-state index in [1.165, 1.54) is 25.7 Å². The van der Waals surface area contributed by atoms with Crippen molar-refractivity contribution < 1.29 is 4.74 Å². The molecule has 1 aliphatic carbocycles. The SMILES string of the molecule is C[Si](C)(C)C1OC([Si](C)(C)C)C2CCCCC21. The number of rotatable bonds is 2. The Kier molecular flexibility index (Phi) is 3.65. The van der Waals surface area contributed by atoms with Crippen molar-refractivity contribution in [1.82, 2.24) is 0 Å². The van der Waals surface area contributed by atoms with E-state index in [2.05, 4.69) is 39.3 Å². The lowest BCUT2D eigenvalue weighted by Crippen LogP contribution is -2.44. The number of ether oxygens (including phenoxy) is 1. The van der Waals surface area contributed by atoms with E-state index in [9.17, 15) is 0 Å². The van der Waals surface area contributed by atoms with Gasteiger partial charge in [-0.15, -0.1) is 0 Å². The third-order valence-electron chi connectivity index (χ3n) is 4.65. The average molecular weight is 271 g/mol. The maximum Gasteiger partial charge on any atom is 0.0789 e. The van der Waals surface area contributed by atoms with E-state index in [-0.39, 0.29) is 0 Å². The van der Waals surface area contributed by atoms with Gasteiger partial charge in [0.2, 0.25) is 0 Å². The van der Waals surface area contributed by atoms with E-state index in [1.54, 1.807) is 0 Å². The van der Waals surface area contributed by atoms with Crippen molar-refractivity contribution >= 4 is 16.1 Å². The fourth-order valence-corrected chi connectivity index (χ4v) is 8.63. The van der Waals surface area contributed by atoms with Gasteiger partial charge in [0.25, 0.3) is 0 Å². The van der Waals surface area contributed by atoms with Gasteiger partial charge in [-0.3, -0.25) is 0 Å². The molecule has 4 unspecified atom stereocenters. The van der Waals surface area contributed by atoms with E-state index in [0.717, 1.165) is 11.8 Å². The van der Waals surface area contributed by atoms with E-state index in [1.807, 2.05) is 0 Å². The minimum absolute atomic E-state index is 0.643. The van der Waals surface area contributed by atoms with Crippen molar-refractivity contribution in [1.29, 1.82) is 0 Å². The zero-order valence-electron chi connectivity index (χ0n) is 12.5. The van der Waals surface area contributed by atoms with Gasteiger partial charge in [-0.05, 0) is 24.7 Å². The second-order valence-electron chi connectivity index (χ2n) is 8.32. The number of fused-ring (bicyclic) bond motifs is 1. The molecule has 3 heteroatoms. The predicted molar refractivity (Wildman–Crippen MR) is 80.8 cm³/mol. The third kappa shape index (κ3) is 2.71. The summed E-state index contributed by atoms with van der Waals surface area (Å²) in [5.41, 5.74) is 1.29. The fraction of sp³-hybridized carbons (Fsp3) is 1.00. The smallest absolute Gasteiger partial charge is 0.0789 e. The fourth-order valence-electron chi connectivity index (χ4n) is 3.99. The van der Waals surface area contributed by atoms with Crippen molar-refractivity contribution in [2.45, 2.75) is 76.4 Å². The molecule has 0 aromatic carbocycles. The molecule has 17 heavy (non-hydrogen) atoms. The van der Waals surface area contributed by atoms with Crippen LogP contribution in [-0.4, -0.2) is 27.6 Å². The zero-order chi connectivity index (χ0) is 12.8. The highest BCUT2D eigenvalue weighted by atomic mass is 28.3. The molecule has 2 fully saturated rings. The Hall–Kier alpha value is 0.394. The molecule has 100 valence electrons. The van der Waals surface area contributed by atoms with Gasteiger partial charge in [-0.1, -0.05) is 52.1 Å². The van der Waals surface area contributed by atoms with Gasteiger partial charge in [-0.25, -0.2) is 0 Å². The zero-order valence-corrected chi connectivity index (χ0v) is 14.5. The lowest BCUT2D eigenvalue weighted by atomic mass is 9.81. The summed E-state index contributed by atoms with van der Waals surface area (Å²) in [6.45, 7) is 15.0. The molecular formula is C14H30OSi2.